The first kappa shape index (κ1) is 19.6. The van der Waals surface area contributed by atoms with Crippen LogP contribution in [0.1, 0.15) is 46.5 Å². The largest absolute Gasteiger partial charge is 0.393 e. The molecule has 0 unspecified atom stereocenters. The van der Waals surface area contributed by atoms with Crippen molar-refractivity contribution >= 4 is 17.4 Å². The first-order chi connectivity index (χ1) is 12.6. The highest BCUT2D eigenvalue weighted by atomic mass is 35.5. The Morgan fingerprint density at radius 1 is 1.37 bits per heavy atom. The molecule has 150 valence electrons. The molecule has 3 N–H and O–H groups in total. The zero-order chi connectivity index (χ0) is 19.8. The minimum Gasteiger partial charge on any atom is -0.393 e. The number of ketones is 1. The van der Waals surface area contributed by atoms with Crippen molar-refractivity contribution in [2.45, 2.75) is 63.5 Å². The number of allylic oxidation sites excluding steroid dienone is 4. The van der Waals surface area contributed by atoms with Crippen molar-refractivity contribution in [1.29, 1.82) is 0 Å². The predicted octanol–water partition coefficient (Wildman–Crippen LogP) is 2.84. The number of fused-ring (bicyclic) bond motifs is 5. The Kier molecular flexibility index (Phi) is 4.48. The van der Waals surface area contributed by atoms with Gasteiger partial charge in [-0.2, -0.15) is 0 Å². The fourth-order valence-corrected chi connectivity index (χ4v) is 7.93. The van der Waals surface area contributed by atoms with Crippen LogP contribution in [0.5, 0.6) is 0 Å². The summed E-state index contributed by atoms with van der Waals surface area (Å²) in [5.41, 5.74) is -1.31. The van der Waals surface area contributed by atoms with Gasteiger partial charge >= 0.3 is 0 Å². The van der Waals surface area contributed by atoms with Crippen LogP contribution in [-0.2, 0) is 4.79 Å². The Morgan fingerprint density at radius 2 is 2.07 bits per heavy atom. The molecule has 27 heavy (non-hydrogen) atoms. The summed E-state index contributed by atoms with van der Waals surface area (Å²) in [4.78, 5) is 12.6. The summed E-state index contributed by atoms with van der Waals surface area (Å²) < 4.78 is 0. The van der Waals surface area contributed by atoms with Crippen molar-refractivity contribution in [2.24, 2.45) is 34.5 Å². The number of halogens is 1. The summed E-state index contributed by atoms with van der Waals surface area (Å²) in [5, 5.41) is 32.2. The SMILES string of the molecule is C[C@@H]1C[C@H]2[C@H]3[C@H]([C@@H](O)C[C@]2(C)[C@@]1(O)C(=O)CO)[C@@]1(C)C=CCC=C1C[C@H]3Cl. The van der Waals surface area contributed by atoms with E-state index in [9.17, 15) is 20.1 Å². The highest BCUT2D eigenvalue weighted by molar-refractivity contribution is 6.21. The lowest BCUT2D eigenvalue weighted by atomic mass is 9.46. The summed E-state index contributed by atoms with van der Waals surface area (Å²) in [7, 11) is 0. The van der Waals surface area contributed by atoms with E-state index in [1.54, 1.807) is 0 Å². The Balaban J connectivity index is 1.82. The van der Waals surface area contributed by atoms with Gasteiger partial charge in [0.25, 0.3) is 0 Å². The van der Waals surface area contributed by atoms with Crippen molar-refractivity contribution in [2.75, 3.05) is 6.61 Å². The molecule has 0 aromatic rings. The van der Waals surface area contributed by atoms with Crippen LogP contribution in [0.25, 0.3) is 0 Å². The molecular weight excluding hydrogens is 364 g/mol. The Morgan fingerprint density at radius 3 is 2.74 bits per heavy atom. The Labute approximate surface area is 166 Å². The molecule has 0 aliphatic heterocycles. The summed E-state index contributed by atoms with van der Waals surface area (Å²) in [6.45, 7) is 5.33. The van der Waals surface area contributed by atoms with Crippen LogP contribution in [0.15, 0.2) is 23.8 Å². The third kappa shape index (κ3) is 2.30. The molecule has 5 heteroatoms. The fraction of sp³-hybridized carbons (Fsp3) is 0.773. The van der Waals surface area contributed by atoms with Gasteiger partial charge in [-0.1, -0.05) is 44.6 Å². The second-order valence-corrected chi connectivity index (χ2v) is 10.3. The fourth-order valence-electron chi connectivity index (χ4n) is 7.43. The lowest BCUT2D eigenvalue weighted by Crippen LogP contribution is -2.64. The number of hydrogen-bond donors (Lipinski definition) is 3. The molecule has 0 aromatic heterocycles. The maximum Gasteiger partial charge on any atom is 0.190 e. The summed E-state index contributed by atoms with van der Waals surface area (Å²) >= 11 is 6.93. The van der Waals surface area contributed by atoms with Crippen molar-refractivity contribution < 1.29 is 20.1 Å². The number of rotatable bonds is 2. The topological polar surface area (TPSA) is 77.8 Å². The van der Waals surface area contributed by atoms with Crippen LogP contribution in [0, 0.1) is 34.5 Å². The monoisotopic (exact) mass is 394 g/mol. The van der Waals surface area contributed by atoms with Gasteiger partial charge in [-0.3, -0.25) is 4.79 Å². The molecule has 3 saturated carbocycles. The molecule has 0 saturated heterocycles. The van der Waals surface area contributed by atoms with Gasteiger partial charge in [0.15, 0.2) is 5.78 Å². The molecule has 4 aliphatic carbocycles. The van der Waals surface area contributed by atoms with E-state index in [-0.39, 0.29) is 34.5 Å². The molecule has 0 radical (unpaired) electrons. The number of carbonyl (C=O) groups is 1. The first-order valence-corrected chi connectivity index (χ1v) is 10.6. The van der Waals surface area contributed by atoms with Gasteiger partial charge in [0.2, 0.25) is 0 Å². The standard InChI is InChI=1S/C22H31ClO4/c1-12-8-14-18-15(23)9-13-6-4-5-7-20(13,2)19(18)16(25)10-21(14,3)22(12,27)17(26)11-24/h5-7,12,14-16,18-19,24-25,27H,4,8-11H2,1-3H3/t12-,14+,15-,16+,18-,19+,20+,21+,22+/m1/s1. The maximum atomic E-state index is 12.6. The molecule has 4 nitrogen and oxygen atoms in total. The molecule has 0 aromatic carbocycles. The summed E-state index contributed by atoms with van der Waals surface area (Å²) in [5.74, 6) is -0.759. The van der Waals surface area contributed by atoms with Gasteiger partial charge < -0.3 is 15.3 Å². The maximum absolute atomic E-state index is 12.6. The van der Waals surface area contributed by atoms with E-state index >= 15 is 0 Å². The van der Waals surface area contributed by atoms with Gasteiger partial charge in [0, 0.05) is 22.1 Å². The first-order valence-electron chi connectivity index (χ1n) is 10.2. The van der Waals surface area contributed by atoms with E-state index < -0.39 is 29.5 Å². The number of aliphatic hydroxyl groups is 3. The third-order valence-electron chi connectivity index (χ3n) is 8.69. The zero-order valence-electron chi connectivity index (χ0n) is 16.4. The number of carbonyl (C=O) groups excluding carboxylic acids is 1. The number of alkyl halides is 1. The highest BCUT2D eigenvalue weighted by Gasteiger charge is 2.71. The summed E-state index contributed by atoms with van der Waals surface area (Å²) in [6, 6.07) is 0. The van der Waals surface area contributed by atoms with Gasteiger partial charge in [-0.25, -0.2) is 0 Å². The van der Waals surface area contributed by atoms with Gasteiger partial charge in [-0.05, 0) is 43.4 Å². The van der Waals surface area contributed by atoms with Crippen LogP contribution in [-0.4, -0.2) is 44.8 Å². The minimum absolute atomic E-state index is 0.0200. The van der Waals surface area contributed by atoms with Gasteiger partial charge in [-0.15, -0.1) is 11.6 Å². The lowest BCUT2D eigenvalue weighted by Gasteiger charge is -2.61. The van der Waals surface area contributed by atoms with Gasteiger partial charge in [0.1, 0.15) is 12.2 Å². The molecule has 4 rings (SSSR count). The molecule has 3 fully saturated rings. The van der Waals surface area contributed by atoms with Gasteiger partial charge in [0.05, 0.1) is 6.10 Å². The van der Waals surface area contributed by atoms with Crippen molar-refractivity contribution in [1.82, 2.24) is 0 Å². The molecule has 0 heterocycles. The second-order valence-electron chi connectivity index (χ2n) is 9.75. The second kappa shape index (κ2) is 6.16. The van der Waals surface area contributed by atoms with Crippen molar-refractivity contribution in [3.05, 3.63) is 23.8 Å². The van der Waals surface area contributed by atoms with E-state index in [1.807, 2.05) is 13.8 Å². The van der Waals surface area contributed by atoms with E-state index in [4.69, 9.17) is 11.6 Å². The highest BCUT2D eigenvalue weighted by Crippen LogP contribution is 2.68. The minimum atomic E-state index is -1.62. The summed E-state index contributed by atoms with van der Waals surface area (Å²) in [6.07, 6.45) is 8.72. The lowest BCUT2D eigenvalue weighted by molar-refractivity contribution is -0.183. The van der Waals surface area contributed by atoms with E-state index in [0.717, 1.165) is 12.8 Å². The number of hydrogen-bond acceptors (Lipinski definition) is 4. The third-order valence-corrected chi connectivity index (χ3v) is 9.13. The molecule has 0 bridgehead atoms. The molecular formula is C22H31ClO4. The predicted molar refractivity (Wildman–Crippen MR) is 104 cm³/mol. The van der Waals surface area contributed by atoms with Crippen LogP contribution < -0.4 is 0 Å². The smallest absolute Gasteiger partial charge is 0.190 e. The van der Waals surface area contributed by atoms with E-state index in [1.165, 1.54) is 5.57 Å². The number of Topliss-reactive ketones (excluding diaryl/α,β-unsaturated/α-hetero) is 1. The Hall–Kier alpha value is -0.680. The van der Waals surface area contributed by atoms with Crippen LogP contribution in [0.2, 0.25) is 0 Å². The van der Waals surface area contributed by atoms with Crippen LogP contribution in [0.3, 0.4) is 0 Å². The molecule has 0 amide bonds. The van der Waals surface area contributed by atoms with Crippen LogP contribution >= 0.6 is 11.6 Å². The normalized spacial score (nSPS) is 54.0. The van der Waals surface area contributed by atoms with E-state index in [2.05, 4.69) is 25.2 Å². The quantitative estimate of drug-likeness (QED) is 0.497. The zero-order valence-corrected chi connectivity index (χ0v) is 17.1. The van der Waals surface area contributed by atoms with Crippen molar-refractivity contribution in [3.63, 3.8) is 0 Å². The molecule has 4 aliphatic rings. The number of aliphatic hydroxyl groups excluding tert-OH is 2. The molecule has 9 atom stereocenters. The van der Waals surface area contributed by atoms with Crippen molar-refractivity contribution in [3.8, 4) is 0 Å². The average molecular weight is 395 g/mol. The average Bonchev–Trinajstić information content (AvgIpc) is 2.82. The van der Waals surface area contributed by atoms with Crippen LogP contribution in [0.4, 0.5) is 0 Å². The molecule has 0 spiro atoms. The van der Waals surface area contributed by atoms with E-state index in [0.29, 0.717) is 12.8 Å². The Bertz CT molecular complexity index is 717.